The molecule has 1 aliphatic rings. The third kappa shape index (κ3) is 5.60. The number of hydrogen-bond acceptors (Lipinski definition) is 5. The van der Waals surface area contributed by atoms with E-state index in [1.54, 1.807) is 36.2 Å². The molecule has 1 aliphatic heterocycles. The summed E-state index contributed by atoms with van der Waals surface area (Å²) in [5.41, 5.74) is 3.12. The van der Waals surface area contributed by atoms with E-state index in [0.29, 0.717) is 40.6 Å². The fraction of sp³-hybridized carbons (Fsp3) is 0.269. The van der Waals surface area contributed by atoms with Crippen LogP contribution >= 0.6 is 23.4 Å². The molecule has 6 nitrogen and oxygen atoms in total. The molecule has 1 aromatic heterocycles. The third-order valence-corrected chi connectivity index (χ3v) is 6.59. The topological polar surface area (TPSA) is 71.5 Å². The highest BCUT2D eigenvalue weighted by molar-refractivity contribution is 7.98. The van der Waals surface area contributed by atoms with E-state index in [1.165, 1.54) is 0 Å². The predicted molar refractivity (Wildman–Crippen MR) is 137 cm³/mol. The summed E-state index contributed by atoms with van der Waals surface area (Å²) in [6, 6.07) is 16.4. The number of carbonyl (C=O) groups is 2. The van der Waals surface area contributed by atoms with Crippen molar-refractivity contribution >= 4 is 40.9 Å². The summed E-state index contributed by atoms with van der Waals surface area (Å²) in [6.45, 7) is 5.07. The number of aromatic nitrogens is 1. The van der Waals surface area contributed by atoms with Crippen molar-refractivity contribution in [1.82, 2.24) is 9.88 Å². The Labute approximate surface area is 208 Å². The van der Waals surface area contributed by atoms with Gasteiger partial charge in [-0.15, -0.1) is 11.8 Å². The van der Waals surface area contributed by atoms with Crippen molar-refractivity contribution < 1.29 is 14.3 Å². The van der Waals surface area contributed by atoms with Crippen LogP contribution in [0.1, 0.15) is 34.6 Å². The normalized spacial score (nSPS) is 17.9. The maximum Gasteiger partial charge on any atom is 0.257 e. The molecule has 0 radical (unpaired) electrons. The van der Waals surface area contributed by atoms with E-state index in [9.17, 15) is 9.59 Å². The molecule has 0 saturated carbocycles. The molecule has 176 valence electrons. The van der Waals surface area contributed by atoms with E-state index in [1.807, 2.05) is 61.4 Å². The van der Waals surface area contributed by atoms with Gasteiger partial charge in [-0.1, -0.05) is 23.7 Å². The van der Waals surface area contributed by atoms with E-state index in [-0.39, 0.29) is 24.0 Å². The summed E-state index contributed by atoms with van der Waals surface area (Å²) in [5, 5.41) is 3.31. The number of anilines is 1. The second-order valence-corrected chi connectivity index (χ2v) is 9.57. The van der Waals surface area contributed by atoms with Crippen LogP contribution in [0, 0.1) is 0 Å². The number of rotatable bonds is 5. The molecule has 2 unspecified atom stereocenters. The van der Waals surface area contributed by atoms with E-state index in [2.05, 4.69) is 10.3 Å². The van der Waals surface area contributed by atoms with Crippen molar-refractivity contribution in [3.8, 4) is 11.3 Å². The molecule has 0 bridgehead atoms. The number of benzene rings is 2. The standard InChI is InChI=1S/C26H26ClN3O3S/c1-16-14-30(15-17(2)33-16)26(32)19-7-10-24(28-13-19)18-5-4-6-20(11-18)29-25(31)22-9-8-21(34-3)12-23(22)27/h4-13,16-17H,14-15H2,1-3H3,(H,29,31). The molecule has 3 aromatic rings. The number of hydrogen-bond donors (Lipinski definition) is 1. The molecule has 34 heavy (non-hydrogen) atoms. The molecule has 0 spiro atoms. The van der Waals surface area contributed by atoms with Crippen molar-refractivity contribution in [2.24, 2.45) is 0 Å². The summed E-state index contributed by atoms with van der Waals surface area (Å²) in [5.74, 6) is -0.330. The van der Waals surface area contributed by atoms with Gasteiger partial charge in [0.2, 0.25) is 0 Å². The number of thioether (sulfide) groups is 1. The number of pyridine rings is 1. The Bertz CT molecular complexity index is 1190. The second-order valence-electron chi connectivity index (χ2n) is 8.28. The van der Waals surface area contributed by atoms with Crippen LogP contribution in [0.5, 0.6) is 0 Å². The zero-order valence-electron chi connectivity index (χ0n) is 19.2. The van der Waals surface area contributed by atoms with Gasteiger partial charge < -0.3 is 15.0 Å². The molecule has 1 saturated heterocycles. The number of halogens is 1. The van der Waals surface area contributed by atoms with Gasteiger partial charge in [-0.2, -0.15) is 0 Å². The zero-order valence-corrected chi connectivity index (χ0v) is 20.8. The molecular formula is C26H26ClN3O3S. The maximum absolute atomic E-state index is 12.9. The first kappa shape index (κ1) is 24.3. The van der Waals surface area contributed by atoms with E-state index < -0.39 is 0 Å². The van der Waals surface area contributed by atoms with Crippen molar-refractivity contribution in [3.63, 3.8) is 0 Å². The highest BCUT2D eigenvalue weighted by atomic mass is 35.5. The average molecular weight is 496 g/mol. The quantitative estimate of drug-likeness (QED) is 0.465. The van der Waals surface area contributed by atoms with Gasteiger partial charge in [-0.25, -0.2) is 0 Å². The van der Waals surface area contributed by atoms with Gasteiger partial charge in [0.25, 0.3) is 11.8 Å². The minimum absolute atomic E-state index is 0.0104. The molecule has 4 rings (SSSR count). The van der Waals surface area contributed by atoms with Crippen LogP contribution in [-0.4, -0.2) is 53.3 Å². The summed E-state index contributed by atoms with van der Waals surface area (Å²) in [6.07, 6.45) is 3.57. The lowest BCUT2D eigenvalue weighted by molar-refractivity contribution is -0.0586. The van der Waals surface area contributed by atoms with Crippen LogP contribution < -0.4 is 5.32 Å². The highest BCUT2D eigenvalue weighted by Gasteiger charge is 2.26. The van der Waals surface area contributed by atoms with E-state index in [4.69, 9.17) is 16.3 Å². The second kappa shape index (κ2) is 10.6. The number of ether oxygens (including phenoxy) is 1. The minimum Gasteiger partial charge on any atom is -0.372 e. The molecule has 2 atom stereocenters. The Morgan fingerprint density at radius 1 is 1.09 bits per heavy atom. The molecule has 1 N–H and O–H groups in total. The smallest absolute Gasteiger partial charge is 0.257 e. The monoisotopic (exact) mass is 495 g/mol. The Morgan fingerprint density at radius 2 is 1.85 bits per heavy atom. The molecule has 2 amide bonds. The van der Waals surface area contributed by atoms with Crippen LogP contribution in [-0.2, 0) is 4.74 Å². The molecule has 8 heteroatoms. The summed E-state index contributed by atoms with van der Waals surface area (Å²) in [4.78, 5) is 32.9. The van der Waals surface area contributed by atoms with Crippen molar-refractivity contribution in [2.45, 2.75) is 31.0 Å². The summed E-state index contributed by atoms with van der Waals surface area (Å²) >= 11 is 7.85. The fourth-order valence-electron chi connectivity index (χ4n) is 3.98. The Balaban J connectivity index is 1.47. The summed E-state index contributed by atoms with van der Waals surface area (Å²) < 4.78 is 5.72. The van der Waals surface area contributed by atoms with Crippen molar-refractivity contribution in [3.05, 3.63) is 76.9 Å². The van der Waals surface area contributed by atoms with Crippen LogP contribution in [0.2, 0.25) is 5.02 Å². The van der Waals surface area contributed by atoms with Gasteiger partial charge in [0.05, 0.1) is 34.1 Å². The summed E-state index contributed by atoms with van der Waals surface area (Å²) in [7, 11) is 0. The number of amides is 2. The number of carbonyl (C=O) groups excluding carboxylic acids is 2. The van der Waals surface area contributed by atoms with E-state index in [0.717, 1.165) is 10.5 Å². The molecule has 2 aromatic carbocycles. The van der Waals surface area contributed by atoms with Crippen LogP contribution in [0.3, 0.4) is 0 Å². The first-order valence-electron chi connectivity index (χ1n) is 11.0. The molecular weight excluding hydrogens is 470 g/mol. The van der Waals surface area contributed by atoms with Crippen molar-refractivity contribution in [1.29, 1.82) is 0 Å². The Morgan fingerprint density at radius 3 is 2.50 bits per heavy atom. The van der Waals surface area contributed by atoms with E-state index >= 15 is 0 Å². The molecule has 0 aliphatic carbocycles. The highest BCUT2D eigenvalue weighted by Crippen LogP contribution is 2.26. The van der Waals surface area contributed by atoms with Crippen LogP contribution in [0.4, 0.5) is 5.69 Å². The average Bonchev–Trinajstić information content (AvgIpc) is 2.83. The van der Waals surface area contributed by atoms with Gasteiger partial charge >= 0.3 is 0 Å². The molecule has 1 fully saturated rings. The Kier molecular flexibility index (Phi) is 7.56. The van der Waals surface area contributed by atoms with Gasteiger partial charge in [-0.05, 0) is 62.6 Å². The number of nitrogens with zero attached hydrogens (tertiary/aromatic N) is 2. The molecule has 2 heterocycles. The Hall–Kier alpha value is -2.87. The predicted octanol–water partition coefficient (Wildman–Crippen LogP) is 5.63. The number of nitrogens with one attached hydrogen (secondary N) is 1. The van der Waals surface area contributed by atoms with Gasteiger partial charge in [-0.3, -0.25) is 14.6 Å². The fourth-order valence-corrected chi connectivity index (χ4v) is 4.75. The first-order valence-corrected chi connectivity index (χ1v) is 12.6. The zero-order chi connectivity index (χ0) is 24.2. The van der Waals surface area contributed by atoms with Gasteiger partial charge in [0.1, 0.15) is 0 Å². The minimum atomic E-state index is -0.280. The number of morpholine rings is 1. The SMILES string of the molecule is CSc1ccc(C(=O)Nc2cccc(-c3ccc(C(=O)N4CC(C)OC(C)C4)cn3)c2)c(Cl)c1. The van der Waals surface area contributed by atoms with Crippen molar-refractivity contribution in [2.75, 3.05) is 24.7 Å². The lowest BCUT2D eigenvalue weighted by Gasteiger charge is -2.35. The van der Waals surface area contributed by atoms with Crippen LogP contribution in [0.25, 0.3) is 11.3 Å². The van der Waals surface area contributed by atoms with Crippen LogP contribution in [0.15, 0.2) is 65.7 Å². The first-order chi connectivity index (χ1) is 16.3. The van der Waals surface area contributed by atoms with Gasteiger partial charge in [0.15, 0.2) is 0 Å². The lowest BCUT2D eigenvalue weighted by atomic mass is 10.1. The largest absolute Gasteiger partial charge is 0.372 e. The maximum atomic E-state index is 12.9. The third-order valence-electron chi connectivity index (χ3n) is 5.55. The lowest BCUT2D eigenvalue weighted by Crippen LogP contribution is -2.48. The van der Waals surface area contributed by atoms with Gasteiger partial charge in [0, 0.05) is 35.4 Å².